The fourth-order valence-corrected chi connectivity index (χ4v) is 3.96. The van der Waals surface area contributed by atoms with Gasteiger partial charge in [-0.1, -0.05) is 54.6 Å². The predicted octanol–water partition coefficient (Wildman–Crippen LogP) is 5.62. The lowest BCUT2D eigenvalue weighted by Crippen LogP contribution is -2.12. The SMILES string of the molecule is Cc1ccc(-c2cc(-c3ccc(-c4ccccc4)cc3)[nH]c(=O)c2C#N)s1. The molecule has 0 fully saturated rings. The van der Waals surface area contributed by atoms with Crippen LogP contribution in [0.15, 0.2) is 77.6 Å². The highest BCUT2D eigenvalue weighted by molar-refractivity contribution is 7.15. The van der Waals surface area contributed by atoms with E-state index >= 15 is 0 Å². The molecule has 0 unspecified atom stereocenters. The zero-order valence-electron chi connectivity index (χ0n) is 14.7. The van der Waals surface area contributed by atoms with Gasteiger partial charge in [-0.25, -0.2) is 0 Å². The third-order valence-corrected chi connectivity index (χ3v) is 5.49. The van der Waals surface area contributed by atoms with Crippen molar-refractivity contribution in [3.63, 3.8) is 0 Å². The molecule has 0 amide bonds. The molecule has 2 heterocycles. The van der Waals surface area contributed by atoms with Crippen LogP contribution in [0.3, 0.4) is 0 Å². The van der Waals surface area contributed by atoms with Crippen LogP contribution in [0.25, 0.3) is 32.8 Å². The zero-order valence-corrected chi connectivity index (χ0v) is 15.5. The van der Waals surface area contributed by atoms with Crippen LogP contribution < -0.4 is 5.56 Å². The van der Waals surface area contributed by atoms with E-state index in [1.807, 2.05) is 73.7 Å². The molecule has 4 aromatic rings. The van der Waals surface area contributed by atoms with Crippen molar-refractivity contribution in [2.24, 2.45) is 0 Å². The number of aromatic amines is 1. The van der Waals surface area contributed by atoms with Crippen LogP contribution in [0.5, 0.6) is 0 Å². The van der Waals surface area contributed by atoms with Crippen LogP contribution in [-0.4, -0.2) is 4.98 Å². The third-order valence-electron chi connectivity index (χ3n) is 4.45. The summed E-state index contributed by atoms with van der Waals surface area (Å²) in [6, 6.07) is 26.1. The molecule has 2 aromatic carbocycles. The van der Waals surface area contributed by atoms with E-state index in [0.717, 1.165) is 26.4 Å². The molecule has 3 nitrogen and oxygen atoms in total. The zero-order chi connectivity index (χ0) is 18.8. The van der Waals surface area contributed by atoms with Crippen molar-refractivity contribution in [1.82, 2.24) is 4.98 Å². The molecule has 0 atom stereocenters. The van der Waals surface area contributed by atoms with Gasteiger partial charge in [-0.05, 0) is 41.8 Å². The van der Waals surface area contributed by atoms with Gasteiger partial charge in [-0.3, -0.25) is 4.79 Å². The molecule has 0 spiro atoms. The number of rotatable bonds is 3. The summed E-state index contributed by atoms with van der Waals surface area (Å²) >= 11 is 1.58. The average Bonchev–Trinajstić information content (AvgIpc) is 3.14. The second-order valence-corrected chi connectivity index (χ2v) is 7.55. The summed E-state index contributed by atoms with van der Waals surface area (Å²) in [5.41, 5.74) is 4.35. The number of pyridine rings is 1. The maximum atomic E-state index is 12.5. The number of nitrogens with zero attached hydrogens (tertiary/aromatic N) is 1. The maximum Gasteiger partial charge on any atom is 0.267 e. The Balaban J connectivity index is 1.79. The summed E-state index contributed by atoms with van der Waals surface area (Å²) < 4.78 is 0. The Morgan fingerprint density at radius 3 is 2.19 bits per heavy atom. The van der Waals surface area contributed by atoms with Gasteiger partial charge in [0.2, 0.25) is 0 Å². The summed E-state index contributed by atoms with van der Waals surface area (Å²) in [6.45, 7) is 2.01. The Hall–Kier alpha value is -3.42. The fourth-order valence-electron chi connectivity index (χ4n) is 3.07. The van der Waals surface area contributed by atoms with Crippen LogP contribution >= 0.6 is 11.3 Å². The van der Waals surface area contributed by atoms with Gasteiger partial charge in [-0.15, -0.1) is 11.3 Å². The van der Waals surface area contributed by atoms with E-state index in [-0.39, 0.29) is 11.1 Å². The van der Waals surface area contributed by atoms with E-state index in [1.165, 1.54) is 0 Å². The van der Waals surface area contributed by atoms with Crippen molar-refractivity contribution in [1.29, 1.82) is 5.26 Å². The summed E-state index contributed by atoms with van der Waals surface area (Å²) in [5, 5.41) is 9.43. The van der Waals surface area contributed by atoms with Crippen molar-refractivity contribution < 1.29 is 0 Å². The van der Waals surface area contributed by atoms with Crippen LogP contribution in [0.1, 0.15) is 10.4 Å². The minimum absolute atomic E-state index is 0.154. The first-order chi connectivity index (χ1) is 13.2. The fraction of sp³-hybridized carbons (Fsp3) is 0.0435. The number of H-pyrrole nitrogens is 1. The Morgan fingerprint density at radius 1 is 0.889 bits per heavy atom. The second-order valence-electron chi connectivity index (χ2n) is 6.27. The number of nitriles is 1. The van der Waals surface area contributed by atoms with Crippen molar-refractivity contribution in [3.05, 3.63) is 93.6 Å². The normalized spacial score (nSPS) is 10.5. The number of aryl methyl sites for hydroxylation is 1. The Kier molecular flexibility index (Phi) is 4.45. The van der Waals surface area contributed by atoms with Crippen molar-refractivity contribution in [3.8, 4) is 38.9 Å². The summed E-state index contributed by atoms with van der Waals surface area (Å²) in [7, 11) is 0. The van der Waals surface area contributed by atoms with Crippen molar-refractivity contribution >= 4 is 11.3 Å². The Bertz CT molecular complexity index is 1200. The molecule has 0 radical (unpaired) electrons. The largest absolute Gasteiger partial charge is 0.321 e. The van der Waals surface area contributed by atoms with Crippen LogP contribution in [0.4, 0.5) is 0 Å². The van der Waals surface area contributed by atoms with Gasteiger partial charge < -0.3 is 4.98 Å². The first kappa shape index (κ1) is 17.0. The highest BCUT2D eigenvalue weighted by Crippen LogP contribution is 2.32. The summed E-state index contributed by atoms with van der Waals surface area (Å²) in [4.78, 5) is 17.4. The molecule has 4 rings (SSSR count). The molecule has 2 aromatic heterocycles. The standard InChI is InChI=1S/C23H16N2OS/c1-15-7-12-22(27-15)19-13-21(25-23(26)20(19)14-24)18-10-8-17(9-11-18)16-5-3-2-4-6-16/h2-13H,1H3,(H,25,26). The minimum Gasteiger partial charge on any atom is -0.321 e. The molecule has 4 heteroatoms. The minimum atomic E-state index is -0.358. The number of hydrogen-bond donors (Lipinski definition) is 1. The molecule has 0 aliphatic heterocycles. The number of nitrogens with one attached hydrogen (secondary N) is 1. The van der Waals surface area contributed by atoms with E-state index in [9.17, 15) is 10.1 Å². The molecule has 0 bridgehead atoms. The molecular formula is C23H16N2OS. The lowest BCUT2D eigenvalue weighted by Gasteiger charge is -2.08. The summed E-state index contributed by atoms with van der Waals surface area (Å²) in [5.74, 6) is 0. The van der Waals surface area contributed by atoms with E-state index in [2.05, 4.69) is 17.1 Å². The predicted molar refractivity (Wildman–Crippen MR) is 111 cm³/mol. The first-order valence-corrected chi connectivity index (χ1v) is 9.37. The quantitative estimate of drug-likeness (QED) is 0.510. The van der Waals surface area contributed by atoms with Gasteiger partial charge in [0.05, 0.1) is 0 Å². The molecule has 27 heavy (non-hydrogen) atoms. The first-order valence-electron chi connectivity index (χ1n) is 8.56. The molecule has 0 aliphatic carbocycles. The third kappa shape index (κ3) is 3.33. The lowest BCUT2D eigenvalue weighted by atomic mass is 10.0. The van der Waals surface area contributed by atoms with Crippen LogP contribution in [-0.2, 0) is 0 Å². The number of aromatic nitrogens is 1. The highest BCUT2D eigenvalue weighted by Gasteiger charge is 2.14. The molecule has 0 saturated heterocycles. The van der Waals surface area contributed by atoms with E-state index in [1.54, 1.807) is 11.3 Å². The number of benzene rings is 2. The van der Waals surface area contributed by atoms with E-state index in [0.29, 0.717) is 11.3 Å². The van der Waals surface area contributed by atoms with Crippen molar-refractivity contribution in [2.45, 2.75) is 6.92 Å². The number of hydrogen-bond acceptors (Lipinski definition) is 3. The highest BCUT2D eigenvalue weighted by atomic mass is 32.1. The molecule has 130 valence electrons. The van der Waals surface area contributed by atoms with Gasteiger partial charge in [0.15, 0.2) is 0 Å². The lowest BCUT2D eigenvalue weighted by molar-refractivity contribution is 1.22. The monoisotopic (exact) mass is 368 g/mol. The maximum absolute atomic E-state index is 12.5. The van der Waals surface area contributed by atoms with E-state index < -0.39 is 0 Å². The van der Waals surface area contributed by atoms with E-state index in [4.69, 9.17) is 0 Å². The van der Waals surface area contributed by atoms with Crippen molar-refractivity contribution in [2.75, 3.05) is 0 Å². The smallest absolute Gasteiger partial charge is 0.267 e. The Morgan fingerprint density at radius 2 is 1.56 bits per heavy atom. The second kappa shape index (κ2) is 7.06. The molecule has 1 N–H and O–H groups in total. The molecule has 0 aliphatic rings. The van der Waals surface area contributed by atoms with Gasteiger partial charge in [0, 0.05) is 21.0 Å². The van der Waals surface area contributed by atoms with Crippen LogP contribution in [0, 0.1) is 18.3 Å². The topological polar surface area (TPSA) is 56.6 Å². The average molecular weight is 368 g/mol. The summed E-state index contributed by atoms with van der Waals surface area (Å²) in [6.07, 6.45) is 0. The molecular weight excluding hydrogens is 352 g/mol. The Labute approximate surface area is 161 Å². The van der Waals surface area contributed by atoms with Gasteiger partial charge in [0.1, 0.15) is 11.6 Å². The van der Waals surface area contributed by atoms with Crippen LogP contribution in [0.2, 0.25) is 0 Å². The van der Waals surface area contributed by atoms with Gasteiger partial charge >= 0.3 is 0 Å². The van der Waals surface area contributed by atoms with Gasteiger partial charge in [-0.2, -0.15) is 5.26 Å². The number of thiophene rings is 1. The molecule has 0 saturated carbocycles. The van der Waals surface area contributed by atoms with Gasteiger partial charge in [0.25, 0.3) is 5.56 Å².